The van der Waals surface area contributed by atoms with E-state index in [4.69, 9.17) is 0 Å². The van der Waals surface area contributed by atoms with Gasteiger partial charge >= 0.3 is 0 Å². The Balaban J connectivity index is 1.42. The molecule has 0 radical (unpaired) electrons. The van der Waals surface area contributed by atoms with Gasteiger partial charge in [0, 0.05) is 12.6 Å². The summed E-state index contributed by atoms with van der Waals surface area (Å²) in [5.41, 5.74) is 0.682. The molecule has 0 saturated heterocycles. The second-order valence-electron chi connectivity index (χ2n) is 6.93. The van der Waals surface area contributed by atoms with Crippen molar-refractivity contribution in [3.63, 3.8) is 0 Å². The number of hydrogen-bond donors (Lipinski definition) is 1. The smallest absolute Gasteiger partial charge is 0.263 e. The fraction of sp³-hybridized carbons (Fsp3) is 0.0952. The van der Waals surface area contributed by atoms with Crippen molar-refractivity contribution >= 4 is 61.0 Å². The van der Waals surface area contributed by atoms with Crippen LogP contribution in [0.3, 0.4) is 0 Å². The summed E-state index contributed by atoms with van der Waals surface area (Å²) in [4.78, 5) is 29.5. The highest BCUT2D eigenvalue weighted by atomic mass is 32.2. The van der Waals surface area contributed by atoms with Gasteiger partial charge in [-0.2, -0.15) is 0 Å². The first-order chi connectivity index (χ1) is 16.0. The lowest BCUT2D eigenvalue weighted by Crippen LogP contribution is -2.22. The van der Waals surface area contributed by atoms with Crippen LogP contribution in [-0.2, 0) is 11.3 Å². The van der Waals surface area contributed by atoms with E-state index >= 15 is 0 Å². The van der Waals surface area contributed by atoms with Gasteiger partial charge < -0.3 is 5.32 Å². The van der Waals surface area contributed by atoms with Crippen molar-refractivity contribution in [2.24, 2.45) is 0 Å². The van der Waals surface area contributed by atoms with Gasteiger partial charge in [-0.15, -0.1) is 16.8 Å². The predicted octanol–water partition coefficient (Wildman–Crippen LogP) is 3.85. The largest absolute Gasteiger partial charge is 0.301 e. The maximum absolute atomic E-state index is 13.4. The highest BCUT2D eigenvalue weighted by Gasteiger charge is 2.18. The molecule has 3 aromatic heterocycles. The number of rotatable bonds is 6. The van der Waals surface area contributed by atoms with Crippen LogP contribution >= 0.6 is 23.1 Å². The summed E-state index contributed by atoms with van der Waals surface area (Å²) in [6.07, 6.45) is 1.60. The van der Waals surface area contributed by atoms with Gasteiger partial charge in [0.15, 0.2) is 21.9 Å². The number of allylic oxidation sites excluding steroid dienone is 1. The first-order valence-corrected chi connectivity index (χ1v) is 11.4. The number of nitrogens with one attached hydrogen (secondary N) is 1. The predicted molar refractivity (Wildman–Crippen MR) is 124 cm³/mol. The van der Waals surface area contributed by atoms with E-state index in [-0.39, 0.29) is 34.4 Å². The fourth-order valence-corrected chi connectivity index (χ4v) is 5.01. The van der Waals surface area contributed by atoms with E-state index in [2.05, 4.69) is 27.1 Å². The lowest BCUT2D eigenvalue weighted by atomic mass is 10.2. The van der Waals surface area contributed by atoms with Crippen molar-refractivity contribution in [2.45, 2.75) is 11.7 Å². The normalized spacial score (nSPS) is 11.5. The minimum absolute atomic E-state index is 0.0195. The van der Waals surface area contributed by atoms with Crippen LogP contribution in [0, 0.1) is 11.6 Å². The van der Waals surface area contributed by atoms with Crippen LogP contribution in [0.15, 0.2) is 59.0 Å². The summed E-state index contributed by atoms with van der Waals surface area (Å²) in [6, 6.07) is 9.11. The molecule has 0 aliphatic heterocycles. The van der Waals surface area contributed by atoms with Gasteiger partial charge in [-0.25, -0.2) is 13.8 Å². The number of amides is 1. The Morgan fingerprint density at radius 2 is 2.00 bits per heavy atom. The maximum atomic E-state index is 13.4. The van der Waals surface area contributed by atoms with Crippen molar-refractivity contribution in [1.29, 1.82) is 0 Å². The lowest BCUT2D eigenvalue weighted by molar-refractivity contribution is -0.113. The van der Waals surface area contributed by atoms with Gasteiger partial charge in [-0.3, -0.25) is 18.6 Å². The van der Waals surface area contributed by atoms with Crippen LogP contribution in [0.5, 0.6) is 0 Å². The Bertz CT molecular complexity index is 1590. The number of aromatic nitrogens is 5. The molecular formula is C21H14F2N6O2S2. The van der Waals surface area contributed by atoms with Crippen molar-refractivity contribution in [3.8, 4) is 0 Å². The minimum atomic E-state index is -0.998. The van der Waals surface area contributed by atoms with Crippen molar-refractivity contribution in [2.75, 3.05) is 11.1 Å². The van der Waals surface area contributed by atoms with Gasteiger partial charge in [0.25, 0.3) is 5.56 Å². The Kier molecular flexibility index (Phi) is 5.38. The highest BCUT2D eigenvalue weighted by molar-refractivity contribution is 7.99. The average Bonchev–Trinajstić information content (AvgIpc) is 3.39. The zero-order chi connectivity index (χ0) is 23.1. The number of carbonyl (C=O) groups excluding carboxylic acids is 1. The molecule has 3 heterocycles. The fourth-order valence-electron chi connectivity index (χ4n) is 3.38. The first kappa shape index (κ1) is 21.2. The monoisotopic (exact) mass is 484 g/mol. The quantitative estimate of drug-likeness (QED) is 0.291. The SMILES string of the molecule is C=CCn1c(=O)c2ccccc2n2c(SCC(=O)Nc3nc4cc(F)c(F)cc4s3)nnc12. The Labute approximate surface area is 192 Å². The van der Waals surface area contributed by atoms with Crippen LogP contribution < -0.4 is 10.9 Å². The van der Waals surface area contributed by atoms with E-state index < -0.39 is 11.6 Å². The third kappa shape index (κ3) is 3.76. The molecule has 166 valence electrons. The molecule has 1 amide bonds. The van der Waals surface area contributed by atoms with E-state index in [1.165, 1.54) is 4.57 Å². The maximum Gasteiger partial charge on any atom is 0.263 e. The van der Waals surface area contributed by atoms with E-state index in [0.717, 1.165) is 35.2 Å². The zero-order valence-corrected chi connectivity index (χ0v) is 18.4. The zero-order valence-electron chi connectivity index (χ0n) is 16.8. The van der Waals surface area contributed by atoms with Crippen LogP contribution in [0.4, 0.5) is 13.9 Å². The summed E-state index contributed by atoms with van der Waals surface area (Å²) >= 11 is 2.18. The van der Waals surface area contributed by atoms with Gasteiger partial charge in [0.2, 0.25) is 11.7 Å². The summed E-state index contributed by atoms with van der Waals surface area (Å²) in [5.74, 6) is -2.02. The number of nitrogens with zero attached hydrogens (tertiary/aromatic N) is 5. The molecule has 8 nitrogen and oxygen atoms in total. The molecule has 0 unspecified atom stereocenters. The first-order valence-electron chi connectivity index (χ1n) is 9.62. The molecule has 2 aromatic carbocycles. The molecule has 5 rings (SSSR count). The second kappa shape index (κ2) is 8.37. The number of hydrogen-bond acceptors (Lipinski definition) is 7. The van der Waals surface area contributed by atoms with E-state index in [1.807, 2.05) is 0 Å². The van der Waals surface area contributed by atoms with Crippen molar-refractivity contribution in [3.05, 3.63) is 71.0 Å². The van der Waals surface area contributed by atoms with Crippen LogP contribution in [0.1, 0.15) is 0 Å². The van der Waals surface area contributed by atoms with Gasteiger partial charge in [0.1, 0.15) is 0 Å². The molecule has 5 aromatic rings. The average molecular weight is 485 g/mol. The summed E-state index contributed by atoms with van der Waals surface area (Å²) in [5, 5.41) is 12.1. The van der Waals surface area contributed by atoms with Crippen LogP contribution in [0.2, 0.25) is 0 Å². The standard InChI is InChI=1S/C21H14F2N6O2S2/c1-2-7-28-18(31)11-5-3-4-6-15(11)29-20(28)26-27-21(29)32-10-17(30)25-19-24-14-8-12(22)13(23)9-16(14)33-19/h2-6,8-9H,1,7,10H2,(H,24,25,30). The van der Waals surface area contributed by atoms with Crippen LogP contribution in [-0.4, -0.2) is 35.8 Å². The van der Waals surface area contributed by atoms with Gasteiger partial charge in [-0.05, 0) is 18.2 Å². The Morgan fingerprint density at radius 1 is 1.21 bits per heavy atom. The Hall–Kier alpha value is -3.64. The molecule has 0 aliphatic carbocycles. The summed E-state index contributed by atoms with van der Waals surface area (Å²) in [7, 11) is 0. The van der Waals surface area contributed by atoms with E-state index in [1.54, 1.807) is 34.7 Å². The topological polar surface area (TPSA) is 94.2 Å². The molecule has 0 saturated carbocycles. The lowest BCUT2D eigenvalue weighted by Gasteiger charge is -2.09. The number of benzene rings is 2. The molecule has 0 atom stereocenters. The second-order valence-corrected chi connectivity index (χ2v) is 8.90. The number of fused-ring (bicyclic) bond motifs is 4. The number of anilines is 1. The number of thiazole rings is 1. The number of halogens is 2. The van der Waals surface area contributed by atoms with E-state index in [9.17, 15) is 18.4 Å². The van der Waals surface area contributed by atoms with Gasteiger partial charge in [0.05, 0.1) is 26.9 Å². The van der Waals surface area contributed by atoms with Gasteiger partial charge in [-0.1, -0.05) is 41.3 Å². The Morgan fingerprint density at radius 3 is 2.82 bits per heavy atom. The third-order valence-electron chi connectivity index (χ3n) is 4.80. The number of carbonyl (C=O) groups is 1. The molecule has 12 heteroatoms. The number of para-hydroxylation sites is 1. The van der Waals surface area contributed by atoms with Crippen molar-refractivity contribution in [1.82, 2.24) is 24.1 Å². The summed E-state index contributed by atoms with van der Waals surface area (Å²) in [6.45, 7) is 3.95. The molecule has 0 bridgehead atoms. The highest BCUT2D eigenvalue weighted by Crippen LogP contribution is 2.28. The van der Waals surface area contributed by atoms with Crippen LogP contribution in [0.25, 0.3) is 26.9 Å². The van der Waals surface area contributed by atoms with E-state index in [0.29, 0.717) is 26.5 Å². The molecule has 0 aliphatic rings. The molecule has 0 spiro atoms. The minimum Gasteiger partial charge on any atom is -0.301 e. The molecule has 33 heavy (non-hydrogen) atoms. The van der Waals surface area contributed by atoms with Crippen molar-refractivity contribution < 1.29 is 13.6 Å². The molecular weight excluding hydrogens is 470 g/mol. The summed E-state index contributed by atoms with van der Waals surface area (Å²) < 4.78 is 30.4. The number of thioether (sulfide) groups is 1. The molecule has 1 N–H and O–H groups in total. The third-order valence-corrected chi connectivity index (χ3v) is 6.66. The molecule has 0 fully saturated rings.